The fourth-order valence-corrected chi connectivity index (χ4v) is 2.28. The molecule has 0 spiro atoms. The van der Waals surface area contributed by atoms with Crippen LogP contribution in [0.3, 0.4) is 0 Å². The van der Waals surface area contributed by atoms with Gasteiger partial charge >= 0.3 is 12.0 Å². The van der Waals surface area contributed by atoms with E-state index in [0.29, 0.717) is 22.0 Å². The van der Waals surface area contributed by atoms with Crippen LogP contribution in [-0.4, -0.2) is 26.9 Å². The lowest BCUT2D eigenvalue weighted by Gasteiger charge is -2.10. The summed E-state index contributed by atoms with van der Waals surface area (Å²) in [7, 11) is 0. The van der Waals surface area contributed by atoms with Gasteiger partial charge in [-0.3, -0.25) is 10.1 Å². The average Bonchev–Trinajstić information content (AvgIpc) is 2.66. The summed E-state index contributed by atoms with van der Waals surface area (Å²) in [6, 6.07) is 6.71. The van der Waals surface area contributed by atoms with Crippen molar-refractivity contribution in [3.63, 3.8) is 0 Å². The van der Waals surface area contributed by atoms with Gasteiger partial charge in [0.25, 0.3) is 5.91 Å². The van der Waals surface area contributed by atoms with Gasteiger partial charge in [0.2, 0.25) is 5.95 Å². The Bertz CT molecular complexity index is 1030. The molecular weight excluding hydrogens is 389 g/mol. The van der Waals surface area contributed by atoms with E-state index >= 15 is 0 Å². The highest BCUT2D eigenvalue weighted by molar-refractivity contribution is 6.30. The maximum Gasteiger partial charge on any atom is 0.326 e. The zero-order valence-corrected chi connectivity index (χ0v) is 15.2. The molecule has 142 valence electrons. The van der Waals surface area contributed by atoms with Crippen LogP contribution in [0.25, 0.3) is 0 Å². The number of nitrogens with one attached hydrogen (secondary N) is 2. The van der Waals surface area contributed by atoms with Crippen molar-refractivity contribution < 1.29 is 18.7 Å². The predicted octanol–water partition coefficient (Wildman–Crippen LogP) is 3.73. The first kappa shape index (κ1) is 19.2. The van der Waals surface area contributed by atoms with Crippen LogP contribution in [0, 0.1) is 12.9 Å². The first-order valence-electron chi connectivity index (χ1n) is 7.91. The van der Waals surface area contributed by atoms with Crippen LogP contribution < -0.4 is 15.4 Å². The van der Waals surface area contributed by atoms with Crippen LogP contribution in [0.1, 0.15) is 15.9 Å². The standard InChI is InChI=1S/C18H13ClFN5O3/c1-10-7-12(4-5-14(10)28-18-22-8-11(19)9-23-18)24-17(27)25-16(26)13-3-2-6-21-15(13)20/h2-9H,1H3,(H2,24,25,26,27). The number of imide groups is 1. The Labute approximate surface area is 163 Å². The number of anilines is 1. The number of carbonyl (C=O) groups is 2. The topological polar surface area (TPSA) is 106 Å². The molecule has 8 nitrogen and oxygen atoms in total. The van der Waals surface area contributed by atoms with Crippen molar-refractivity contribution in [3.8, 4) is 11.8 Å². The van der Waals surface area contributed by atoms with Crippen LogP contribution >= 0.6 is 11.6 Å². The monoisotopic (exact) mass is 401 g/mol. The SMILES string of the molecule is Cc1cc(NC(=O)NC(=O)c2cccnc2F)ccc1Oc1ncc(Cl)cn1. The molecule has 2 N–H and O–H groups in total. The second-order valence-electron chi connectivity index (χ2n) is 5.52. The van der Waals surface area contributed by atoms with Crippen molar-refractivity contribution in [3.05, 3.63) is 71.0 Å². The average molecular weight is 402 g/mol. The van der Waals surface area contributed by atoms with Gasteiger partial charge < -0.3 is 10.1 Å². The fraction of sp³-hybridized carbons (Fsp3) is 0.0556. The van der Waals surface area contributed by atoms with Gasteiger partial charge in [0.15, 0.2) is 0 Å². The molecule has 3 amide bonds. The number of nitrogens with zero attached hydrogens (tertiary/aromatic N) is 3. The number of pyridine rings is 1. The molecule has 28 heavy (non-hydrogen) atoms. The maximum absolute atomic E-state index is 13.5. The lowest BCUT2D eigenvalue weighted by molar-refractivity contribution is 0.0962. The van der Waals surface area contributed by atoms with Crippen LogP contribution in [-0.2, 0) is 0 Å². The van der Waals surface area contributed by atoms with Crippen LogP contribution in [0.4, 0.5) is 14.9 Å². The van der Waals surface area contributed by atoms with E-state index < -0.39 is 17.9 Å². The van der Waals surface area contributed by atoms with Crippen LogP contribution in [0.5, 0.6) is 11.8 Å². The van der Waals surface area contributed by atoms with Gasteiger partial charge in [0.1, 0.15) is 5.75 Å². The third kappa shape index (κ3) is 4.77. The molecule has 0 bridgehead atoms. The molecule has 0 aliphatic heterocycles. The van der Waals surface area contributed by atoms with Crippen molar-refractivity contribution in [1.29, 1.82) is 0 Å². The summed E-state index contributed by atoms with van der Waals surface area (Å²) in [5, 5.41) is 4.90. The Hall–Kier alpha value is -3.59. The van der Waals surface area contributed by atoms with Gasteiger partial charge in [-0.2, -0.15) is 4.39 Å². The summed E-state index contributed by atoms with van der Waals surface area (Å²) in [6.45, 7) is 1.75. The highest BCUT2D eigenvalue weighted by Gasteiger charge is 2.15. The molecule has 0 unspecified atom stereocenters. The Balaban J connectivity index is 1.63. The molecule has 10 heteroatoms. The quantitative estimate of drug-likeness (QED) is 0.645. The van der Waals surface area contributed by atoms with Gasteiger partial charge in [-0.1, -0.05) is 11.6 Å². The Kier molecular flexibility index (Phi) is 5.75. The molecule has 0 aliphatic carbocycles. The summed E-state index contributed by atoms with van der Waals surface area (Å²) in [5.74, 6) is -1.39. The highest BCUT2D eigenvalue weighted by atomic mass is 35.5. The number of carbonyl (C=O) groups excluding carboxylic acids is 2. The minimum absolute atomic E-state index is 0.120. The van der Waals surface area contributed by atoms with Gasteiger partial charge in [0, 0.05) is 11.9 Å². The molecule has 2 heterocycles. The summed E-state index contributed by atoms with van der Waals surface area (Å²) in [6.07, 6.45) is 4.01. The largest absolute Gasteiger partial charge is 0.424 e. The fourth-order valence-electron chi connectivity index (χ4n) is 2.18. The van der Waals surface area contributed by atoms with Crippen LogP contribution in [0.2, 0.25) is 5.02 Å². The molecule has 2 aromatic heterocycles. The van der Waals surface area contributed by atoms with E-state index in [4.69, 9.17) is 16.3 Å². The molecule has 0 saturated heterocycles. The number of hydrogen-bond acceptors (Lipinski definition) is 6. The third-order valence-electron chi connectivity index (χ3n) is 3.46. The van der Waals surface area contributed by atoms with E-state index in [1.54, 1.807) is 25.1 Å². The highest BCUT2D eigenvalue weighted by Crippen LogP contribution is 2.25. The van der Waals surface area contributed by atoms with E-state index in [1.807, 2.05) is 5.32 Å². The van der Waals surface area contributed by atoms with E-state index in [0.717, 1.165) is 0 Å². The number of aromatic nitrogens is 3. The van der Waals surface area contributed by atoms with Crippen molar-refractivity contribution in [2.24, 2.45) is 0 Å². The van der Waals surface area contributed by atoms with Crippen molar-refractivity contribution in [2.75, 3.05) is 5.32 Å². The molecule has 0 aliphatic rings. The number of ether oxygens (including phenoxy) is 1. The first-order valence-corrected chi connectivity index (χ1v) is 8.29. The Morgan fingerprint density at radius 1 is 1.14 bits per heavy atom. The molecule has 3 aromatic rings. The Morgan fingerprint density at radius 2 is 1.89 bits per heavy atom. The lowest BCUT2D eigenvalue weighted by Crippen LogP contribution is -2.35. The molecule has 0 atom stereocenters. The second-order valence-corrected chi connectivity index (χ2v) is 5.95. The first-order chi connectivity index (χ1) is 13.4. The summed E-state index contributed by atoms with van der Waals surface area (Å²) in [5.41, 5.74) is 0.750. The molecular formula is C18H13ClFN5O3. The van der Waals surface area contributed by atoms with E-state index in [1.165, 1.54) is 30.7 Å². The zero-order chi connectivity index (χ0) is 20.1. The van der Waals surface area contributed by atoms with Gasteiger partial charge in [-0.15, -0.1) is 0 Å². The molecule has 3 rings (SSSR count). The van der Waals surface area contributed by atoms with E-state index in [-0.39, 0.29) is 11.6 Å². The number of hydrogen-bond donors (Lipinski definition) is 2. The van der Waals surface area contributed by atoms with E-state index in [9.17, 15) is 14.0 Å². The van der Waals surface area contributed by atoms with Crippen molar-refractivity contribution in [2.45, 2.75) is 6.92 Å². The number of aryl methyl sites for hydroxylation is 1. The molecule has 0 saturated carbocycles. The minimum Gasteiger partial charge on any atom is -0.424 e. The summed E-state index contributed by atoms with van der Waals surface area (Å²) in [4.78, 5) is 35.1. The summed E-state index contributed by atoms with van der Waals surface area (Å²) < 4.78 is 19.0. The van der Waals surface area contributed by atoms with Crippen molar-refractivity contribution in [1.82, 2.24) is 20.3 Å². The molecule has 0 fully saturated rings. The number of rotatable bonds is 4. The number of urea groups is 1. The maximum atomic E-state index is 13.5. The van der Waals surface area contributed by atoms with E-state index in [2.05, 4.69) is 20.3 Å². The summed E-state index contributed by atoms with van der Waals surface area (Å²) >= 11 is 5.72. The number of amides is 3. The number of benzene rings is 1. The Morgan fingerprint density at radius 3 is 2.57 bits per heavy atom. The zero-order valence-electron chi connectivity index (χ0n) is 14.4. The third-order valence-corrected chi connectivity index (χ3v) is 3.66. The van der Waals surface area contributed by atoms with Gasteiger partial charge in [0.05, 0.1) is 23.0 Å². The normalized spacial score (nSPS) is 10.2. The lowest BCUT2D eigenvalue weighted by atomic mass is 10.2. The van der Waals surface area contributed by atoms with Gasteiger partial charge in [-0.05, 0) is 42.8 Å². The van der Waals surface area contributed by atoms with Crippen molar-refractivity contribution >= 4 is 29.2 Å². The predicted molar refractivity (Wildman–Crippen MR) is 99.0 cm³/mol. The number of halogens is 2. The van der Waals surface area contributed by atoms with Gasteiger partial charge in [-0.25, -0.2) is 19.7 Å². The van der Waals surface area contributed by atoms with Crippen LogP contribution in [0.15, 0.2) is 48.9 Å². The molecule has 0 radical (unpaired) electrons. The minimum atomic E-state index is -0.963. The second kappa shape index (κ2) is 8.40. The smallest absolute Gasteiger partial charge is 0.326 e. The molecule has 1 aromatic carbocycles.